The van der Waals surface area contributed by atoms with Gasteiger partial charge in [0.25, 0.3) is 0 Å². The Hall–Kier alpha value is -1.42. The highest BCUT2D eigenvalue weighted by Gasteiger charge is 2.25. The maximum atomic E-state index is 13.8. The van der Waals surface area contributed by atoms with Crippen LogP contribution < -0.4 is 15.5 Å². The largest absolute Gasteiger partial charge is 0.352 e. The van der Waals surface area contributed by atoms with Crippen LogP contribution in [0.2, 0.25) is 0 Å². The molecule has 0 saturated carbocycles. The molecule has 2 N–H and O–H groups in total. The molecule has 8 heteroatoms. The van der Waals surface area contributed by atoms with Crippen LogP contribution in [0.4, 0.5) is 10.2 Å². The van der Waals surface area contributed by atoms with Crippen LogP contribution in [0.1, 0.15) is 11.3 Å². The van der Waals surface area contributed by atoms with Crippen molar-refractivity contribution in [2.45, 2.75) is 19.0 Å². The van der Waals surface area contributed by atoms with Gasteiger partial charge in [-0.05, 0) is 30.0 Å². The van der Waals surface area contributed by atoms with Gasteiger partial charge in [-0.1, -0.05) is 6.07 Å². The number of hydrogen-bond acceptors (Lipinski definition) is 4. The van der Waals surface area contributed by atoms with Gasteiger partial charge in [-0.2, -0.15) is 0 Å². The van der Waals surface area contributed by atoms with Crippen LogP contribution in [-0.4, -0.2) is 37.1 Å². The highest BCUT2D eigenvalue weighted by Crippen LogP contribution is 2.20. The summed E-state index contributed by atoms with van der Waals surface area (Å²) in [7, 11) is 1.76. The first kappa shape index (κ1) is 18.9. The van der Waals surface area contributed by atoms with Crippen LogP contribution >= 0.6 is 35.3 Å². The molecule has 1 saturated heterocycles. The summed E-state index contributed by atoms with van der Waals surface area (Å²) in [6, 6.07) is 7.41. The van der Waals surface area contributed by atoms with E-state index >= 15 is 0 Å². The van der Waals surface area contributed by atoms with Crippen molar-refractivity contribution < 1.29 is 4.39 Å². The van der Waals surface area contributed by atoms with Crippen molar-refractivity contribution in [3.63, 3.8) is 0 Å². The number of rotatable bonds is 4. The maximum absolute atomic E-state index is 13.8. The van der Waals surface area contributed by atoms with E-state index < -0.39 is 0 Å². The lowest BCUT2D eigenvalue weighted by atomic mass is 10.3. The quantitative estimate of drug-likeness (QED) is 0.418. The molecule has 3 rings (SSSR count). The second-order valence-corrected chi connectivity index (χ2v) is 6.42. The van der Waals surface area contributed by atoms with Gasteiger partial charge in [0.15, 0.2) is 17.6 Å². The molecule has 0 spiro atoms. The molecule has 1 fully saturated rings. The van der Waals surface area contributed by atoms with Crippen molar-refractivity contribution >= 4 is 47.1 Å². The second kappa shape index (κ2) is 9.16. The minimum Gasteiger partial charge on any atom is -0.352 e. The van der Waals surface area contributed by atoms with Gasteiger partial charge in [0.2, 0.25) is 0 Å². The van der Waals surface area contributed by atoms with Crippen molar-refractivity contribution in [1.29, 1.82) is 0 Å². The van der Waals surface area contributed by atoms with E-state index in [9.17, 15) is 4.39 Å². The van der Waals surface area contributed by atoms with Crippen molar-refractivity contribution in [3.05, 3.63) is 46.5 Å². The van der Waals surface area contributed by atoms with E-state index in [1.165, 1.54) is 10.9 Å². The van der Waals surface area contributed by atoms with Gasteiger partial charge >= 0.3 is 0 Å². The lowest BCUT2D eigenvalue weighted by Gasteiger charge is -2.19. The van der Waals surface area contributed by atoms with Crippen molar-refractivity contribution in [2.24, 2.45) is 4.99 Å². The number of anilines is 1. The topological polar surface area (TPSA) is 52.6 Å². The van der Waals surface area contributed by atoms with Crippen LogP contribution in [0.3, 0.4) is 0 Å². The molecule has 0 radical (unpaired) electrons. The fourth-order valence-corrected chi connectivity index (χ4v) is 3.30. The van der Waals surface area contributed by atoms with Crippen LogP contribution in [0, 0.1) is 5.82 Å². The first-order chi connectivity index (χ1) is 11.3. The van der Waals surface area contributed by atoms with Crippen molar-refractivity contribution in [2.75, 3.05) is 25.0 Å². The zero-order valence-corrected chi connectivity index (χ0v) is 16.6. The molecule has 24 heavy (non-hydrogen) atoms. The summed E-state index contributed by atoms with van der Waals surface area (Å²) in [5.74, 6) is 0.929. The van der Waals surface area contributed by atoms with E-state index in [-0.39, 0.29) is 35.8 Å². The summed E-state index contributed by atoms with van der Waals surface area (Å²) >= 11 is 1.71. The molecule has 0 bridgehead atoms. The predicted octanol–water partition coefficient (Wildman–Crippen LogP) is 2.84. The standard InChI is InChI=1S/C16H20FN5S.HI/c1-18-16(20-10-13-4-3-9-23-13)21-12-6-8-22(11-12)15-14(17)5-2-7-19-15;/h2-5,7,9,12H,6,8,10-11H2,1H3,(H2,18,20,21);1H. The SMILES string of the molecule is CN=C(NCc1cccs1)NC1CCN(c2ncccc2F)C1.I. The van der Waals surface area contributed by atoms with Gasteiger partial charge in [-0.3, -0.25) is 4.99 Å². The number of halogens is 2. The first-order valence-electron chi connectivity index (χ1n) is 7.61. The molecule has 0 aliphatic carbocycles. The van der Waals surface area contributed by atoms with Gasteiger partial charge in [0.1, 0.15) is 0 Å². The Labute approximate surface area is 162 Å². The Kier molecular flexibility index (Phi) is 7.22. The highest BCUT2D eigenvalue weighted by atomic mass is 127. The number of thiophene rings is 1. The van der Waals surface area contributed by atoms with E-state index in [4.69, 9.17) is 0 Å². The molecule has 1 aliphatic rings. The molecule has 5 nitrogen and oxygen atoms in total. The Balaban J connectivity index is 0.00000208. The third-order valence-corrected chi connectivity index (χ3v) is 4.68. The van der Waals surface area contributed by atoms with Gasteiger partial charge < -0.3 is 15.5 Å². The molecular formula is C16H21FIN5S. The molecule has 1 unspecified atom stereocenters. The molecule has 1 atom stereocenters. The molecule has 2 aromatic rings. The molecule has 1 aliphatic heterocycles. The van der Waals surface area contributed by atoms with Gasteiger partial charge in [-0.25, -0.2) is 9.37 Å². The van der Waals surface area contributed by atoms with Gasteiger partial charge in [0.05, 0.1) is 6.54 Å². The Morgan fingerprint density at radius 3 is 3.04 bits per heavy atom. The minimum absolute atomic E-state index is 0. The fraction of sp³-hybridized carbons (Fsp3) is 0.375. The summed E-state index contributed by atoms with van der Waals surface area (Å²) in [6.07, 6.45) is 2.55. The zero-order valence-electron chi connectivity index (χ0n) is 13.4. The third kappa shape index (κ3) is 4.79. The average Bonchev–Trinajstić information content (AvgIpc) is 3.23. The van der Waals surface area contributed by atoms with Gasteiger partial charge in [0, 0.05) is 37.3 Å². The van der Waals surface area contributed by atoms with Crippen molar-refractivity contribution in [1.82, 2.24) is 15.6 Å². The molecule has 130 valence electrons. The first-order valence-corrected chi connectivity index (χ1v) is 8.49. The zero-order chi connectivity index (χ0) is 16.1. The molecular weight excluding hydrogens is 440 g/mol. The number of hydrogen-bond donors (Lipinski definition) is 2. The minimum atomic E-state index is -0.270. The fourth-order valence-electron chi connectivity index (χ4n) is 2.65. The lowest BCUT2D eigenvalue weighted by molar-refractivity contribution is 0.612. The van der Waals surface area contributed by atoms with E-state index in [0.717, 1.165) is 25.5 Å². The molecule has 0 amide bonds. The second-order valence-electron chi connectivity index (χ2n) is 5.39. The predicted molar refractivity (Wildman–Crippen MR) is 108 cm³/mol. The average molecular weight is 461 g/mol. The Morgan fingerprint density at radius 2 is 2.33 bits per heavy atom. The van der Waals surface area contributed by atoms with Crippen LogP contribution in [-0.2, 0) is 6.54 Å². The van der Waals surface area contributed by atoms with E-state index in [0.29, 0.717) is 12.4 Å². The maximum Gasteiger partial charge on any atom is 0.191 e. The van der Waals surface area contributed by atoms with E-state index in [1.54, 1.807) is 30.6 Å². The van der Waals surface area contributed by atoms with Crippen LogP contribution in [0.25, 0.3) is 0 Å². The van der Waals surface area contributed by atoms with Crippen molar-refractivity contribution in [3.8, 4) is 0 Å². The number of nitrogens with zero attached hydrogens (tertiary/aromatic N) is 3. The summed E-state index contributed by atoms with van der Waals surface area (Å²) in [5, 5.41) is 8.76. The smallest absolute Gasteiger partial charge is 0.191 e. The summed E-state index contributed by atoms with van der Waals surface area (Å²) in [5.41, 5.74) is 0. The van der Waals surface area contributed by atoms with Crippen LogP contribution in [0.5, 0.6) is 0 Å². The Morgan fingerprint density at radius 1 is 1.46 bits per heavy atom. The Bertz CT molecular complexity index is 664. The summed E-state index contributed by atoms with van der Waals surface area (Å²) < 4.78 is 13.8. The number of guanidine groups is 1. The molecule has 2 aromatic heterocycles. The van der Waals surface area contributed by atoms with E-state index in [2.05, 4.69) is 32.1 Å². The number of pyridine rings is 1. The third-order valence-electron chi connectivity index (χ3n) is 3.80. The lowest BCUT2D eigenvalue weighted by Crippen LogP contribution is -2.44. The number of nitrogens with one attached hydrogen (secondary N) is 2. The number of aliphatic imine (C=N–C) groups is 1. The summed E-state index contributed by atoms with van der Waals surface area (Å²) in [4.78, 5) is 11.6. The monoisotopic (exact) mass is 461 g/mol. The summed E-state index contributed by atoms with van der Waals surface area (Å²) in [6.45, 7) is 2.25. The highest BCUT2D eigenvalue weighted by molar-refractivity contribution is 14.0. The normalized spacial score (nSPS) is 17.5. The van der Waals surface area contributed by atoms with Gasteiger partial charge in [-0.15, -0.1) is 35.3 Å². The number of aromatic nitrogens is 1. The molecule has 0 aromatic carbocycles. The molecule has 3 heterocycles. The van der Waals surface area contributed by atoms with Crippen LogP contribution in [0.15, 0.2) is 40.8 Å². The van der Waals surface area contributed by atoms with E-state index in [1.807, 2.05) is 11.0 Å².